The van der Waals surface area contributed by atoms with Crippen molar-refractivity contribution in [2.45, 2.75) is 45.6 Å². The predicted octanol–water partition coefficient (Wildman–Crippen LogP) is 4.63. The molecule has 0 saturated heterocycles. The highest BCUT2D eigenvalue weighted by Gasteiger charge is 2.16. The van der Waals surface area contributed by atoms with Crippen molar-refractivity contribution in [3.63, 3.8) is 0 Å². The minimum absolute atomic E-state index is 0.166. The lowest BCUT2D eigenvalue weighted by molar-refractivity contribution is -0.154. The van der Waals surface area contributed by atoms with Gasteiger partial charge >= 0.3 is 5.97 Å². The summed E-state index contributed by atoms with van der Waals surface area (Å²) in [6, 6.07) is 0. The molecule has 1 aliphatic carbocycles. The molecule has 1 heterocycles. The molecule has 23 heavy (non-hydrogen) atoms. The molecule has 1 aromatic rings. The number of aromatic nitrogens is 2. The van der Waals surface area contributed by atoms with Crippen LogP contribution in [0, 0.1) is 0 Å². The van der Waals surface area contributed by atoms with E-state index in [0.717, 1.165) is 22.0 Å². The Kier molecular flexibility index (Phi) is 5.88. The minimum Gasteiger partial charge on any atom is -0.460 e. The smallest absolute Gasteiger partial charge is 0.306 e. The van der Waals surface area contributed by atoms with Gasteiger partial charge in [-0.25, -0.2) is 9.97 Å². The number of allylic oxidation sites excluding steroid dienone is 6. The Labute approximate surface area is 145 Å². The number of ether oxygens (including phenoxy) is 1. The number of carbonyl (C=O) groups excluding carboxylic acids is 1. The van der Waals surface area contributed by atoms with Gasteiger partial charge in [-0.15, -0.1) is 0 Å². The number of rotatable bonds is 4. The number of hydrogen-bond acceptors (Lipinski definition) is 4. The lowest BCUT2D eigenvalue weighted by Gasteiger charge is -2.19. The number of carbonyl (C=O) groups is 1. The third kappa shape index (κ3) is 6.10. The van der Waals surface area contributed by atoms with Gasteiger partial charge in [0.05, 0.1) is 4.47 Å². The van der Waals surface area contributed by atoms with Gasteiger partial charge in [0, 0.05) is 24.4 Å². The van der Waals surface area contributed by atoms with Gasteiger partial charge in [0.25, 0.3) is 0 Å². The molecule has 0 saturated carbocycles. The summed E-state index contributed by atoms with van der Waals surface area (Å²) in [4.78, 5) is 20.4. The van der Waals surface area contributed by atoms with Crippen LogP contribution >= 0.6 is 15.9 Å². The fourth-order valence-electron chi connectivity index (χ4n) is 2.12. The Morgan fingerprint density at radius 2 is 1.91 bits per heavy atom. The molecule has 0 N–H and O–H groups in total. The topological polar surface area (TPSA) is 52.1 Å². The molecule has 0 fully saturated rings. The van der Waals surface area contributed by atoms with Gasteiger partial charge < -0.3 is 4.74 Å². The van der Waals surface area contributed by atoms with Crippen LogP contribution in [-0.2, 0) is 9.53 Å². The molecule has 1 aliphatic rings. The van der Waals surface area contributed by atoms with Crippen LogP contribution in [0.2, 0.25) is 0 Å². The van der Waals surface area contributed by atoms with Crippen molar-refractivity contribution < 1.29 is 9.53 Å². The van der Waals surface area contributed by atoms with E-state index in [1.54, 1.807) is 12.4 Å². The first-order chi connectivity index (χ1) is 10.8. The van der Waals surface area contributed by atoms with Gasteiger partial charge in [0.1, 0.15) is 5.60 Å². The van der Waals surface area contributed by atoms with E-state index in [2.05, 4.69) is 38.0 Å². The quantitative estimate of drug-likeness (QED) is 0.718. The molecule has 0 aromatic carbocycles. The molecule has 0 bridgehead atoms. The van der Waals surface area contributed by atoms with E-state index in [-0.39, 0.29) is 5.97 Å². The first kappa shape index (κ1) is 17.6. The van der Waals surface area contributed by atoms with Gasteiger partial charge in [0.2, 0.25) is 0 Å². The van der Waals surface area contributed by atoms with E-state index in [1.165, 1.54) is 0 Å². The second-order valence-corrected chi connectivity index (χ2v) is 7.23. The first-order valence-corrected chi connectivity index (χ1v) is 8.40. The van der Waals surface area contributed by atoms with Crippen LogP contribution < -0.4 is 0 Å². The molecule has 0 spiro atoms. The predicted molar refractivity (Wildman–Crippen MR) is 94.6 cm³/mol. The second-order valence-electron chi connectivity index (χ2n) is 6.32. The normalized spacial score (nSPS) is 14.8. The molecular weight excluding hydrogens is 356 g/mol. The Balaban J connectivity index is 1.93. The molecular formula is C18H21BrN2O2. The van der Waals surface area contributed by atoms with Crippen LogP contribution in [-0.4, -0.2) is 21.5 Å². The molecule has 0 aliphatic heterocycles. The zero-order valence-corrected chi connectivity index (χ0v) is 15.3. The highest BCUT2D eigenvalue weighted by Crippen LogP contribution is 2.21. The van der Waals surface area contributed by atoms with E-state index in [4.69, 9.17) is 4.74 Å². The lowest BCUT2D eigenvalue weighted by Crippen LogP contribution is -2.23. The Bertz CT molecular complexity index is 653. The third-order valence-electron chi connectivity index (χ3n) is 3.11. The van der Waals surface area contributed by atoms with Crippen molar-refractivity contribution in [1.29, 1.82) is 0 Å². The Morgan fingerprint density at radius 3 is 2.57 bits per heavy atom. The highest BCUT2D eigenvalue weighted by molar-refractivity contribution is 9.10. The molecule has 0 atom stereocenters. The van der Waals surface area contributed by atoms with Crippen LogP contribution in [0.15, 0.2) is 46.7 Å². The fraction of sp³-hybridized carbons (Fsp3) is 0.389. The van der Waals surface area contributed by atoms with Crippen LogP contribution in [0.25, 0.3) is 5.57 Å². The van der Waals surface area contributed by atoms with Gasteiger partial charge in [-0.05, 0) is 49.5 Å². The van der Waals surface area contributed by atoms with Gasteiger partial charge in [-0.2, -0.15) is 0 Å². The zero-order chi connectivity index (χ0) is 16.9. The van der Waals surface area contributed by atoms with Crippen LogP contribution in [0.3, 0.4) is 0 Å². The van der Waals surface area contributed by atoms with Gasteiger partial charge in [-0.3, -0.25) is 4.79 Å². The van der Waals surface area contributed by atoms with Crippen LogP contribution in [0.1, 0.15) is 45.9 Å². The van der Waals surface area contributed by atoms with E-state index in [0.29, 0.717) is 18.7 Å². The maximum atomic E-state index is 11.8. The van der Waals surface area contributed by atoms with Gasteiger partial charge in [-0.1, -0.05) is 29.9 Å². The Morgan fingerprint density at radius 1 is 1.22 bits per heavy atom. The van der Waals surface area contributed by atoms with E-state index < -0.39 is 5.60 Å². The molecule has 0 unspecified atom stereocenters. The SMILES string of the molecule is CC(C)(C)OC(=O)CCC1=CCC=C(c2ncc(Br)cn2)C=C1. The summed E-state index contributed by atoms with van der Waals surface area (Å²) in [7, 11) is 0. The molecule has 122 valence electrons. The van der Waals surface area contributed by atoms with E-state index in [9.17, 15) is 4.79 Å². The zero-order valence-electron chi connectivity index (χ0n) is 13.7. The molecule has 5 heteroatoms. The largest absolute Gasteiger partial charge is 0.460 e. The molecule has 0 radical (unpaired) electrons. The van der Waals surface area contributed by atoms with E-state index in [1.807, 2.05) is 32.9 Å². The average molecular weight is 377 g/mol. The van der Waals surface area contributed by atoms with Gasteiger partial charge in [0.15, 0.2) is 5.82 Å². The summed E-state index contributed by atoms with van der Waals surface area (Å²) in [5, 5.41) is 0. The van der Waals surface area contributed by atoms with Crippen molar-refractivity contribution in [3.8, 4) is 0 Å². The number of hydrogen-bond donors (Lipinski definition) is 0. The number of nitrogens with zero attached hydrogens (tertiary/aromatic N) is 2. The van der Waals surface area contributed by atoms with E-state index >= 15 is 0 Å². The fourth-order valence-corrected chi connectivity index (χ4v) is 2.33. The molecule has 1 aromatic heterocycles. The highest BCUT2D eigenvalue weighted by atomic mass is 79.9. The third-order valence-corrected chi connectivity index (χ3v) is 3.52. The van der Waals surface area contributed by atoms with Crippen molar-refractivity contribution in [2.24, 2.45) is 0 Å². The standard InChI is InChI=1S/C18H21BrN2O2/c1-18(2,3)23-16(22)10-8-13-5-4-6-14(9-7-13)17-20-11-15(19)12-21-17/h5-7,9,11-12H,4,8,10H2,1-3H3. The average Bonchev–Trinajstić information content (AvgIpc) is 2.70. The summed E-state index contributed by atoms with van der Waals surface area (Å²) >= 11 is 3.33. The van der Waals surface area contributed by atoms with Crippen molar-refractivity contribution in [1.82, 2.24) is 9.97 Å². The van der Waals surface area contributed by atoms with Crippen molar-refractivity contribution in [2.75, 3.05) is 0 Å². The molecule has 0 amide bonds. The number of esters is 1. The van der Waals surface area contributed by atoms with Crippen LogP contribution in [0.5, 0.6) is 0 Å². The van der Waals surface area contributed by atoms with Crippen molar-refractivity contribution in [3.05, 3.63) is 52.6 Å². The first-order valence-electron chi connectivity index (χ1n) is 7.60. The summed E-state index contributed by atoms with van der Waals surface area (Å²) in [6.07, 6.45) is 13.5. The molecule has 4 nitrogen and oxygen atoms in total. The lowest BCUT2D eigenvalue weighted by atomic mass is 10.1. The maximum absolute atomic E-state index is 11.8. The van der Waals surface area contributed by atoms with Crippen molar-refractivity contribution >= 4 is 27.5 Å². The Hall–Kier alpha value is -1.75. The second kappa shape index (κ2) is 7.68. The summed E-state index contributed by atoms with van der Waals surface area (Å²) in [5.41, 5.74) is 1.68. The summed E-state index contributed by atoms with van der Waals surface area (Å²) in [6.45, 7) is 5.64. The summed E-state index contributed by atoms with van der Waals surface area (Å²) in [5.74, 6) is 0.534. The minimum atomic E-state index is -0.432. The summed E-state index contributed by atoms with van der Waals surface area (Å²) < 4.78 is 6.19. The number of halogens is 1. The maximum Gasteiger partial charge on any atom is 0.306 e. The molecule has 2 rings (SSSR count). The monoisotopic (exact) mass is 376 g/mol. The van der Waals surface area contributed by atoms with Crippen LogP contribution in [0.4, 0.5) is 0 Å².